The summed E-state index contributed by atoms with van der Waals surface area (Å²) in [6.45, 7) is 2.00. The van der Waals surface area contributed by atoms with Gasteiger partial charge in [-0.2, -0.15) is 0 Å². The van der Waals surface area contributed by atoms with Crippen molar-refractivity contribution in [2.45, 2.75) is 6.92 Å². The molecule has 0 unspecified atom stereocenters. The third-order valence-corrected chi connectivity index (χ3v) is 2.05. The van der Waals surface area contributed by atoms with E-state index in [1.54, 1.807) is 18.6 Å². The van der Waals surface area contributed by atoms with Crippen molar-refractivity contribution in [1.29, 1.82) is 0 Å². The maximum Gasteiger partial charge on any atom is 0.131 e. The van der Waals surface area contributed by atoms with Crippen LogP contribution in [0, 0.1) is 6.92 Å². The van der Waals surface area contributed by atoms with Crippen LogP contribution in [-0.2, 0) is 0 Å². The molecular weight excluding hydrogens is 174 g/mol. The summed E-state index contributed by atoms with van der Waals surface area (Å²) in [5, 5.41) is 0. The van der Waals surface area contributed by atoms with Gasteiger partial charge in [-0.1, -0.05) is 0 Å². The summed E-state index contributed by atoms with van der Waals surface area (Å²) in [5.74, 6) is 0.557. The Bertz CT molecular complexity index is 438. The van der Waals surface area contributed by atoms with Crippen molar-refractivity contribution in [1.82, 2.24) is 9.97 Å². The summed E-state index contributed by atoms with van der Waals surface area (Å²) in [6, 6.07) is 5.87. The largest absolute Gasteiger partial charge is 0.383 e. The lowest BCUT2D eigenvalue weighted by atomic mass is 10.1. The normalized spacial score (nSPS) is 10.1. The Kier molecular flexibility index (Phi) is 2.14. The zero-order valence-corrected chi connectivity index (χ0v) is 7.94. The average molecular weight is 185 g/mol. The number of anilines is 1. The van der Waals surface area contributed by atoms with Gasteiger partial charge in [-0.05, 0) is 36.2 Å². The maximum absolute atomic E-state index is 5.79. The molecule has 3 heteroatoms. The van der Waals surface area contributed by atoms with Crippen LogP contribution in [0.4, 0.5) is 5.82 Å². The van der Waals surface area contributed by atoms with Crippen LogP contribution >= 0.6 is 0 Å². The molecule has 0 spiro atoms. The number of nitrogens with two attached hydrogens (primary N) is 1. The van der Waals surface area contributed by atoms with Crippen molar-refractivity contribution in [3.8, 4) is 11.1 Å². The van der Waals surface area contributed by atoms with Crippen LogP contribution in [0.5, 0.6) is 0 Å². The number of hydrogen-bond donors (Lipinski definition) is 1. The summed E-state index contributed by atoms with van der Waals surface area (Å²) >= 11 is 0. The van der Waals surface area contributed by atoms with Gasteiger partial charge in [-0.15, -0.1) is 0 Å². The lowest BCUT2D eigenvalue weighted by Crippen LogP contribution is -1.94. The summed E-state index contributed by atoms with van der Waals surface area (Å²) in [4.78, 5) is 8.07. The van der Waals surface area contributed by atoms with Crippen LogP contribution < -0.4 is 5.73 Å². The fourth-order valence-corrected chi connectivity index (χ4v) is 1.34. The van der Waals surface area contributed by atoms with Crippen molar-refractivity contribution in [2.24, 2.45) is 0 Å². The van der Waals surface area contributed by atoms with Crippen molar-refractivity contribution in [2.75, 3.05) is 5.73 Å². The van der Waals surface area contributed by atoms with E-state index < -0.39 is 0 Å². The van der Waals surface area contributed by atoms with E-state index in [4.69, 9.17) is 5.73 Å². The molecular formula is C11H11N3. The molecule has 0 amide bonds. The second kappa shape index (κ2) is 3.46. The number of hydrogen-bond acceptors (Lipinski definition) is 3. The summed E-state index contributed by atoms with van der Waals surface area (Å²) < 4.78 is 0. The molecule has 2 aromatic heterocycles. The molecule has 0 saturated heterocycles. The highest BCUT2D eigenvalue weighted by Crippen LogP contribution is 2.23. The molecule has 2 N–H and O–H groups in total. The third kappa shape index (κ3) is 1.57. The second-order valence-corrected chi connectivity index (χ2v) is 3.18. The molecule has 2 rings (SSSR count). The average Bonchev–Trinajstić information content (AvgIpc) is 2.23. The van der Waals surface area contributed by atoms with E-state index in [9.17, 15) is 0 Å². The van der Waals surface area contributed by atoms with Crippen LogP contribution in [0.25, 0.3) is 11.1 Å². The minimum Gasteiger partial charge on any atom is -0.383 e. The number of pyridine rings is 2. The highest BCUT2D eigenvalue weighted by atomic mass is 14.8. The Balaban J connectivity index is 2.57. The van der Waals surface area contributed by atoms with Gasteiger partial charge in [0.25, 0.3) is 0 Å². The third-order valence-electron chi connectivity index (χ3n) is 2.05. The van der Waals surface area contributed by atoms with E-state index in [1.165, 1.54) is 0 Å². The first-order valence-electron chi connectivity index (χ1n) is 4.40. The smallest absolute Gasteiger partial charge is 0.131 e. The molecule has 0 atom stereocenters. The predicted octanol–water partition coefficient (Wildman–Crippen LogP) is 2.03. The quantitative estimate of drug-likeness (QED) is 0.739. The van der Waals surface area contributed by atoms with Gasteiger partial charge in [-0.25, -0.2) is 4.98 Å². The van der Waals surface area contributed by atoms with Crippen LogP contribution in [0.2, 0.25) is 0 Å². The van der Waals surface area contributed by atoms with Gasteiger partial charge < -0.3 is 5.73 Å². The van der Waals surface area contributed by atoms with Crippen LogP contribution in [0.1, 0.15) is 5.56 Å². The first kappa shape index (κ1) is 8.69. The first-order valence-corrected chi connectivity index (χ1v) is 4.40. The van der Waals surface area contributed by atoms with Gasteiger partial charge in [0, 0.05) is 24.2 Å². The Morgan fingerprint density at radius 3 is 2.64 bits per heavy atom. The molecule has 0 fully saturated rings. The van der Waals surface area contributed by atoms with Gasteiger partial charge in [0.15, 0.2) is 0 Å². The minimum atomic E-state index is 0.557. The van der Waals surface area contributed by atoms with Gasteiger partial charge in [0.1, 0.15) is 5.82 Å². The number of aryl methyl sites for hydroxylation is 1. The zero-order chi connectivity index (χ0) is 9.97. The standard InChI is InChI=1S/C11H11N3/c1-8-6-10(11(12)14-7-8)9-2-4-13-5-3-9/h2-7H,1H3,(H2,12,14). The highest BCUT2D eigenvalue weighted by molar-refractivity contribution is 5.73. The molecule has 70 valence electrons. The zero-order valence-electron chi connectivity index (χ0n) is 7.94. The molecule has 2 heterocycles. The van der Waals surface area contributed by atoms with E-state index in [1.807, 2.05) is 25.1 Å². The fraction of sp³-hybridized carbons (Fsp3) is 0.0909. The van der Waals surface area contributed by atoms with Crippen LogP contribution in [0.3, 0.4) is 0 Å². The van der Waals surface area contributed by atoms with Crippen molar-refractivity contribution in [3.05, 3.63) is 42.4 Å². The molecule has 0 aliphatic carbocycles. The number of rotatable bonds is 1. The monoisotopic (exact) mass is 185 g/mol. The highest BCUT2D eigenvalue weighted by Gasteiger charge is 2.02. The van der Waals surface area contributed by atoms with Gasteiger partial charge in [0.2, 0.25) is 0 Å². The number of aromatic nitrogens is 2. The van der Waals surface area contributed by atoms with E-state index in [0.717, 1.165) is 16.7 Å². The van der Waals surface area contributed by atoms with Gasteiger partial charge in [0.05, 0.1) is 0 Å². The first-order chi connectivity index (χ1) is 6.77. The topological polar surface area (TPSA) is 51.8 Å². The summed E-state index contributed by atoms with van der Waals surface area (Å²) in [7, 11) is 0. The number of nitrogens with zero attached hydrogens (tertiary/aromatic N) is 2. The molecule has 0 radical (unpaired) electrons. The summed E-state index contributed by atoms with van der Waals surface area (Å²) in [5.41, 5.74) is 8.91. The molecule has 0 bridgehead atoms. The lowest BCUT2D eigenvalue weighted by molar-refractivity contribution is 1.27. The van der Waals surface area contributed by atoms with Crippen LogP contribution in [0.15, 0.2) is 36.8 Å². The minimum absolute atomic E-state index is 0.557. The SMILES string of the molecule is Cc1cnc(N)c(-c2ccncc2)c1. The molecule has 0 aromatic carbocycles. The van der Waals surface area contributed by atoms with Gasteiger partial charge >= 0.3 is 0 Å². The van der Waals surface area contributed by atoms with E-state index >= 15 is 0 Å². The van der Waals surface area contributed by atoms with Crippen molar-refractivity contribution < 1.29 is 0 Å². The Hall–Kier alpha value is -1.90. The Labute approximate surface area is 82.6 Å². The molecule has 3 nitrogen and oxygen atoms in total. The van der Waals surface area contributed by atoms with E-state index in [-0.39, 0.29) is 0 Å². The van der Waals surface area contributed by atoms with Crippen LogP contribution in [-0.4, -0.2) is 9.97 Å². The maximum atomic E-state index is 5.79. The second-order valence-electron chi connectivity index (χ2n) is 3.18. The molecule has 0 aliphatic rings. The molecule has 0 saturated carbocycles. The Morgan fingerprint density at radius 2 is 1.93 bits per heavy atom. The fourth-order valence-electron chi connectivity index (χ4n) is 1.34. The van der Waals surface area contributed by atoms with E-state index in [0.29, 0.717) is 5.82 Å². The van der Waals surface area contributed by atoms with Gasteiger partial charge in [-0.3, -0.25) is 4.98 Å². The molecule has 14 heavy (non-hydrogen) atoms. The Morgan fingerprint density at radius 1 is 1.21 bits per heavy atom. The predicted molar refractivity (Wildman–Crippen MR) is 56.6 cm³/mol. The molecule has 2 aromatic rings. The number of nitrogen functional groups attached to an aromatic ring is 1. The summed E-state index contributed by atoms with van der Waals surface area (Å²) in [6.07, 6.45) is 5.26. The molecule has 0 aliphatic heterocycles. The van der Waals surface area contributed by atoms with Crippen molar-refractivity contribution in [3.63, 3.8) is 0 Å². The van der Waals surface area contributed by atoms with Crippen molar-refractivity contribution >= 4 is 5.82 Å². The van der Waals surface area contributed by atoms with E-state index in [2.05, 4.69) is 9.97 Å². The lowest BCUT2D eigenvalue weighted by Gasteiger charge is -2.05.